The summed E-state index contributed by atoms with van der Waals surface area (Å²) in [5.41, 5.74) is 2.68. The first-order valence-electron chi connectivity index (χ1n) is 10.1. The highest BCUT2D eigenvalue weighted by molar-refractivity contribution is 7.92. The van der Waals surface area contributed by atoms with E-state index in [1.165, 1.54) is 19.2 Å². The number of methoxy groups -OCH3 is 1. The van der Waals surface area contributed by atoms with Crippen molar-refractivity contribution in [3.05, 3.63) is 84.8 Å². The molecule has 0 saturated carbocycles. The fraction of sp³-hybridized carbons (Fsp3) is 0.0435. The van der Waals surface area contributed by atoms with Crippen LogP contribution in [-0.2, 0) is 10.0 Å². The fourth-order valence-electron chi connectivity index (χ4n) is 3.37. The lowest BCUT2D eigenvalue weighted by Gasteiger charge is -2.11. The highest BCUT2D eigenvalue weighted by Crippen LogP contribution is 2.26. The van der Waals surface area contributed by atoms with Crippen molar-refractivity contribution in [2.75, 3.05) is 11.8 Å². The number of hydrogen-bond donors (Lipinski definition) is 1. The molecule has 0 fully saturated rings. The number of benzene rings is 2. The number of nitrogens with zero attached hydrogens (tertiary/aromatic N) is 5. The van der Waals surface area contributed by atoms with E-state index in [2.05, 4.69) is 25.0 Å². The van der Waals surface area contributed by atoms with Gasteiger partial charge in [0.2, 0.25) is 5.82 Å². The molecular formula is C23H17FN6O3S. The summed E-state index contributed by atoms with van der Waals surface area (Å²) in [6, 6.07) is 19.1. The number of sulfonamides is 1. The summed E-state index contributed by atoms with van der Waals surface area (Å²) in [6.07, 6.45) is 1.66. The van der Waals surface area contributed by atoms with Crippen molar-refractivity contribution in [2.24, 2.45) is 0 Å². The standard InChI is InChI=1S/C23H17FN6O3S/c1-33-21-10-8-17(14-18(21)24)34(31,32)29-16-6-4-5-15(13-16)19-9-11-22-26-27-23(30(22)28-19)20-7-2-3-12-25-20/h2-14,29H,1H3. The molecule has 0 aliphatic carbocycles. The molecule has 0 atom stereocenters. The second kappa shape index (κ2) is 8.52. The Bertz CT molecular complexity index is 1610. The van der Waals surface area contributed by atoms with Gasteiger partial charge in [-0.15, -0.1) is 10.2 Å². The predicted octanol–water partition coefficient (Wildman–Crippen LogP) is 3.80. The highest BCUT2D eigenvalue weighted by atomic mass is 32.2. The molecule has 1 N–H and O–H groups in total. The molecule has 0 radical (unpaired) electrons. The number of hydrogen-bond acceptors (Lipinski definition) is 7. The largest absolute Gasteiger partial charge is 0.494 e. The number of anilines is 1. The van der Waals surface area contributed by atoms with Gasteiger partial charge in [0, 0.05) is 17.4 Å². The van der Waals surface area contributed by atoms with E-state index in [0.29, 0.717) is 34.1 Å². The quantitative estimate of drug-likeness (QED) is 0.397. The van der Waals surface area contributed by atoms with Crippen LogP contribution < -0.4 is 9.46 Å². The van der Waals surface area contributed by atoms with Crippen LogP contribution in [0.25, 0.3) is 28.4 Å². The zero-order chi connectivity index (χ0) is 23.7. The minimum Gasteiger partial charge on any atom is -0.494 e. The van der Waals surface area contributed by atoms with E-state index in [9.17, 15) is 12.8 Å². The summed E-state index contributed by atoms with van der Waals surface area (Å²) in [5, 5.41) is 12.9. The topological polar surface area (TPSA) is 111 Å². The number of ether oxygens (including phenoxy) is 1. The summed E-state index contributed by atoms with van der Waals surface area (Å²) in [7, 11) is -2.72. The molecule has 0 spiro atoms. The monoisotopic (exact) mass is 476 g/mol. The van der Waals surface area contributed by atoms with Gasteiger partial charge >= 0.3 is 0 Å². The van der Waals surface area contributed by atoms with Crippen molar-refractivity contribution in [2.45, 2.75) is 4.90 Å². The Morgan fingerprint density at radius 1 is 0.941 bits per heavy atom. The van der Waals surface area contributed by atoms with Gasteiger partial charge in [0.1, 0.15) is 5.69 Å². The molecule has 5 aromatic rings. The third-order valence-corrected chi connectivity index (χ3v) is 6.38. The van der Waals surface area contributed by atoms with Crippen LogP contribution in [0.5, 0.6) is 5.75 Å². The van der Waals surface area contributed by atoms with Gasteiger partial charge in [-0.25, -0.2) is 12.8 Å². The Morgan fingerprint density at radius 3 is 2.59 bits per heavy atom. The first-order chi connectivity index (χ1) is 16.4. The van der Waals surface area contributed by atoms with Crippen molar-refractivity contribution in [3.63, 3.8) is 0 Å². The van der Waals surface area contributed by atoms with Gasteiger partial charge in [0.15, 0.2) is 17.2 Å². The maximum absolute atomic E-state index is 14.0. The maximum Gasteiger partial charge on any atom is 0.262 e. The summed E-state index contributed by atoms with van der Waals surface area (Å²) >= 11 is 0. The van der Waals surface area contributed by atoms with Crippen LogP contribution in [0.15, 0.2) is 83.9 Å². The highest BCUT2D eigenvalue weighted by Gasteiger charge is 2.18. The van der Waals surface area contributed by atoms with Crippen molar-refractivity contribution in [1.82, 2.24) is 24.8 Å². The van der Waals surface area contributed by atoms with Crippen molar-refractivity contribution in [1.29, 1.82) is 0 Å². The second-order valence-corrected chi connectivity index (χ2v) is 8.89. The fourth-order valence-corrected chi connectivity index (χ4v) is 4.43. The van der Waals surface area contributed by atoms with Gasteiger partial charge in [0.25, 0.3) is 10.0 Å². The lowest BCUT2D eigenvalue weighted by Crippen LogP contribution is -2.13. The van der Waals surface area contributed by atoms with Gasteiger partial charge in [-0.3, -0.25) is 9.71 Å². The van der Waals surface area contributed by atoms with E-state index < -0.39 is 15.8 Å². The lowest BCUT2D eigenvalue weighted by atomic mass is 10.1. The van der Waals surface area contributed by atoms with Crippen LogP contribution in [0, 0.1) is 5.82 Å². The first kappa shape index (κ1) is 21.5. The first-order valence-corrected chi connectivity index (χ1v) is 11.5. The number of rotatable bonds is 6. The van der Waals surface area contributed by atoms with E-state index in [0.717, 1.165) is 6.07 Å². The number of fused-ring (bicyclic) bond motifs is 1. The van der Waals surface area contributed by atoms with Gasteiger partial charge in [0.05, 0.1) is 17.7 Å². The third-order valence-electron chi connectivity index (χ3n) is 5.00. The summed E-state index contributed by atoms with van der Waals surface area (Å²) in [6.45, 7) is 0. The van der Waals surface area contributed by atoms with Crippen molar-refractivity contribution < 1.29 is 17.5 Å². The molecule has 170 valence electrons. The predicted molar refractivity (Wildman–Crippen MR) is 123 cm³/mol. The number of nitrogens with one attached hydrogen (secondary N) is 1. The second-order valence-electron chi connectivity index (χ2n) is 7.21. The molecule has 0 aliphatic heterocycles. The molecule has 2 aromatic carbocycles. The molecule has 11 heteroatoms. The zero-order valence-corrected chi connectivity index (χ0v) is 18.6. The Morgan fingerprint density at radius 2 is 1.82 bits per heavy atom. The van der Waals surface area contributed by atoms with Crippen LogP contribution in [0.4, 0.5) is 10.1 Å². The summed E-state index contributed by atoms with van der Waals surface area (Å²) in [4.78, 5) is 4.08. The van der Waals surface area contributed by atoms with Crippen molar-refractivity contribution >= 4 is 21.4 Å². The van der Waals surface area contributed by atoms with E-state index >= 15 is 0 Å². The van der Waals surface area contributed by atoms with Crippen LogP contribution in [0.2, 0.25) is 0 Å². The number of halogens is 1. The Balaban J connectivity index is 1.48. The lowest BCUT2D eigenvalue weighted by molar-refractivity contribution is 0.385. The minimum atomic E-state index is -4.03. The molecule has 9 nitrogen and oxygen atoms in total. The molecule has 0 saturated heterocycles. The molecule has 0 unspecified atom stereocenters. The average Bonchev–Trinajstić information content (AvgIpc) is 3.28. The Kier molecular flexibility index (Phi) is 5.38. The van der Waals surface area contributed by atoms with Gasteiger partial charge in [-0.2, -0.15) is 9.61 Å². The van der Waals surface area contributed by atoms with E-state index in [1.807, 2.05) is 12.1 Å². The molecular weight excluding hydrogens is 459 g/mol. The number of pyridine rings is 1. The van der Waals surface area contributed by atoms with Crippen LogP contribution in [0.1, 0.15) is 0 Å². The molecule has 5 rings (SSSR count). The molecule has 0 bridgehead atoms. The SMILES string of the molecule is COc1ccc(S(=O)(=O)Nc2cccc(-c3ccc4nnc(-c5ccccn5)n4n3)c2)cc1F. The third kappa shape index (κ3) is 4.04. The molecule has 0 amide bonds. The molecule has 3 heterocycles. The van der Waals surface area contributed by atoms with Gasteiger partial charge in [-0.05, 0) is 54.6 Å². The van der Waals surface area contributed by atoms with Crippen LogP contribution in [-0.4, -0.2) is 40.3 Å². The maximum atomic E-state index is 14.0. The van der Waals surface area contributed by atoms with Crippen LogP contribution >= 0.6 is 0 Å². The van der Waals surface area contributed by atoms with Crippen molar-refractivity contribution in [3.8, 4) is 28.5 Å². The average molecular weight is 476 g/mol. The number of aromatic nitrogens is 5. The zero-order valence-electron chi connectivity index (χ0n) is 17.8. The minimum absolute atomic E-state index is 0.0403. The Labute approximate surface area is 193 Å². The van der Waals surface area contributed by atoms with E-state index in [4.69, 9.17) is 4.74 Å². The van der Waals surface area contributed by atoms with Gasteiger partial charge < -0.3 is 4.74 Å². The van der Waals surface area contributed by atoms with Crippen LogP contribution in [0.3, 0.4) is 0 Å². The Hall–Kier alpha value is -4.38. The normalized spacial score (nSPS) is 11.5. The van der Waals surface area contributed by atoms with E-state index in [-0.39, 0.29) is 10.6 Å². The molecule has 3 aromatic heterocycles. The molecule has 34 heavy (non-hydrogen) atoms. The van der Waals surface area contributed by atoms with E-state index in [1.54, 1.807) is 53.2 Å². The van der Waals surface area contributed by atoms with Gasteiger partial charge in [-0.1, -0.05) is 18.2 Å². The molecule has 0 aliphatic rings. The summed E-state index contributed by atoms with van der Waals surface area (Å²) in [5.74, 6) is -0.327. The smallest absolute Gasteiger partial charge is 0.262 e. The summed E-state index contributed by atoms with van der Waals surface area (Å²) < 4.78 is 48.5.